The summed E-state index contributed by atoms with van der Waals surface area (Å²) in [6.07, 6.45) is -0.323. The van der Waals surface area contributed by atoms with Gasteiger partial charge in [-0.3, -0.25) is 24.0 Å². The van der Waals surface area contributed by atoms with Gasteiger partial charge in [-0.25, -0.2) is 0 Å². The van der Waals surface area contributed by atoms with Gasteiger partial charge in [-0.1, -0.05) is 13.8 Å². The van der Waals surface area contributed by atoms with Gasteiger partial charge < -0.3 is 20.5 Å². The van der Waals surface area contributed by atoms with E-state index in [9.17, 15) is 24.0 Å². The zero-order chi connectivity index (χ0) is 22.1. The molecule has 2 atom stereocenters. The minimum absolute atomic E-state index is 0.0958. The summed E-state index contributed by atoms with van der Waals surface area (Å²) in [7, 11) is 0. The molecule has 0 saturated carbocycles. The number of rotatable bonds is 11. The molecule has 0 aliphatic rings. The maximum Gasteiger partial charge on any atom is 0.325 e. The fourth-order valence-electron chi connectivity index (χ4n) is 2.22. The lowest BCUT2D eigenvalue weighted by Gasteiger charge is -2.21. The highest BCUT2D eigenvalue weighted by Gasteiger charge is 2.27. The Hall–Kier alpha value is -2.45. The van der Waals surface area contributed by atoms with E-state index < -0.39 is 41.3 Å². The maximum atomic E-state index is 12.2. The van der Waals surface area contributed by atoms with Crippen LogP contribution in [0.2, 0.25) is 0 Å². The third-order valence-electron chi connectivity index (χ3n) is 3.78. The highest BCUT2D eigenvalue weighted by atomic mass is 16.6. The molecule has 28 heavy (non-hydrogen) atoms. The van der Waals surface area contributed by atoms with E-state index in [0.717, 1.165) is 0 Å². The Bertz CT molecular complexity index is 594. The summed E-state index contributed by atoms with van der Waals surface area (Å²) in [5, 5.41) is 13.6. The van der Waals surface area contributed by atoms with Crippen LogP contribution < -0.4 is 10.6 Å². The Morgan fingerprint density at radius 2 is 1.57 bits per heavy atom. The van der Waals surface area contributed by atoms with Crippen LogP contribution in [0.5, 0.6) is 0 Å². The van der Waals surface area contributed by atoms with E-state index in [1.165, 1.54) is 6.92 Å². The number of hydrogen-bond acceptors (Lipinski definition) is 6. The van der Waals surface area contributed by atoms with Crippen LogP contribution in [-0.4, -0.2) is 52.8 Å². The fraction of sp³-hybridized carbons (Fsp3) is 0.737. The summed E-state index contributed by atoms with van der Waals surface area (Å²) in [4.78, 5) is 58.5. The molecule has 0 unspecified atom stereocenters. The number of ether oxygens (including phenoxy) is 1. The molecule has 0 heterocycles. The molecule has 0 aromatic heterocycles. The second kappa shape index (κ2) is 11.4. The van der Waals surface area contributed by atoms with Gasteiger partial charge in [0.05, 0.1) is 13.0 Å². The van der Waals surface area contributed by atoms with Gasteiger partial charge in [0.15, 0.2) is 5.78 Å². The summed E-state index contributed by atoms with van der Waals surface area (Å²) in [5.74, 6) is -3.90. The molecule has 0 aliphatic carbocycles. The van der Waals surface area contributed by atoms with Crippen LogP contribution in [0.1, 0.15) is 60.8 Å². The smallest absolute Gasteiger partial charge is 0.325 e. The van der Waals surface area contributed by atoms with E-state index in [-0.39, 0.29) is 37.5 Å². The summed E-state index contributed by atoms with van der Waals surface area (Å²) in [6, 6.07) is -1.06. The Morgan fingerprint density at radius 3 is 2.04 bits per heavy atom. The van der Waals surface area contributed by atoms with Crippen molar-refractivity contribution in [3.8, 4) is 0 Å². The first kappa shape index (κ1) is 25.6. The van der Waals surface area contributed by atoms with E-state index >= 15 is 0 Å². The summed E-state index contributed by atoms with van der Waals surface area (Å²) in [6.45, 7) is 9.75. The fourth-order valence-corrected chi connectivity index (χ4v) is 2.22. The van der Waals surface area contributed by atoms with Gasteiger partial charge in [-0.05, 0) is 33.6 Å². The zero-order valence-corrected chi connectivity index (χ0v) is 17.5. The number of Topliss-reactive ketones (excluding diaryl/α,β-unsaturated/α-hetero) is 1. The van der Waals surface area contributed by atoms with Crippen molar-refractivity contribution in [3.63, 3.8) is 0 Å². The number of nitrogens with one attached hydrogen (secondary N) is 2. The molecule has 2 amide bonds. The highest BCUT2D eigenvalue weighted by Crippen LogP contribution is 2.16. The monoisotopic (exact) mass is 400 g/mol. The topological polar surface area (TPSA) is 139 Å². The molecule has 3 N–H and O–H groups in total. The van der Waals surface area contributed by atoms with Gasteiger partial charge in [-0.2, -0.15) is 0 Å². The number of hydrogen-bond donors (Lipinski definition) is 3. The number of amides is 2. The minimum atomic E-state index is -1.17. The first-order valence-corrected chi connectivity index (χ1v) is 9.26. The Kier molecular flexibility index (Phi) is 10.4. The van der Waals surface area contributed by atoms with Crippen molar-refractivity contribution in [1.82, 2.24) is 10.6 Å². The van der Waals surface area contributed by atoms with E-state index in [1.54, 1.807) is 34.6 Å². The second-order valence-electron chi connectivity index (χ2n) is 8.02. The normalized spacial score (nSPS) is 13.4. The number of carbonyl (C=O) groups is 5. The van der Waals surface area contributed by atoms with Crippen LogP contribution >= 0.6 is 0 Å². The van der Waals surface area contributed by atoms with Crippen molar-refractivity contribution in [2.45, 2.75) is 72.4 Å². The lowest BCUT2D eigenvalue weighted by Crippen LogP contribution is -2.44. The first-order valence-electron chi connectivity index (χ1n) is 9.26. The van der Waals surface area contributed by atoms with Crippen LogP contribution in [0.15, 0.2) is 0 Å². The number of ketones is 1. The van der Waals surface area contributed by atoms with Gasteiger partial charge in [0.25, 0.3) is 0 Å². The lowest BCUT2D eigenvalue weighted by atomic mass is 9.89. The van der Waals surface area contributed by atoms with E-state index in [2.05, 4.69) is 10.6 Å². The Morgan fingerprint density at radius 1 is 1.00 bits per heavy atom. The molecule has 0 aromatic carbocycles. The van der Waals surface area contributed by atoms with Gasteiger partial charge in [-0.15, -0.1) is 0 Å². The van der Waals surface area contributed by atoms with Gasteiger partial charge in [0.1, 0.15) is 11.6 Å². The van der Waals surface area contributed by atoms with Crippen LogP contribution in [0.3, 0.4) is 0 Å². The number of carboxylic acids is 1. The SMILES string of the molecule is CC(C)[C@H](CC(=O)CNC(=O)CCC(=O)OC(C)(C)C)C(=O)N[C@@H](C)C(=O)O. The Labute approximate surface area is 165 Å². The number of esters is 1. The molecule has 0 aliphatic heterocycles. The third kappa shape index (κ3) is 11.3. The van der Waals surface area contributed by atoms with Crippen molar-refractivity contribution >= 4 is 29.5 Å². The third-order valence-corrected chi connectivity index (χ3v) is 3.78. The average molecular weight is 400 g/mol. The number of carbonyl (C=O) groups excluding carboxylic acids is 4. The Balaban J connectivity index is 4.45. The van der Waals surface area contributed by atoms with Crippen LogP contribution in [0.25, 0.3) is 0 Å². The minimum Gasteiger partial charge on any atom is -0.480 e. The van der Waals surface area contributed by atoms with Crippen molar-refractivity contribution < 1.29 is 33.8 Å². The maximum absolute atomic E-state index is 12.2. The van der Waals surface area contributed by atoms with Gasteiger partial charge in [0, 0.05) is 18.8 Å². The molecule has 0 aromatic rings. The predicted molar refractivity (Wildman–Crippen MR) is 101 cm³/mol. The van der Waals surface area contributed by atoms with Crippen LogP contribution in [0, 0.1) is 11.8 Å². The van der Waals surface area contributed by atoms with E-state index in [0.29, 0.717) is 0 Å². The van der Waals surface area contributed by atoms with Crippen molar-refractivity contribution in [2.75, 3.05) is 6.54 Å². The number of carboxylic acid groups (broad SMARTS) is 1. The zero-order valence-electron chi connectivity index (χ0n) is 17.5. The van der Waals surface area contributed by atoms with Gasteiger partial charge in [0.2, 0.25) is 11.8 Å². The standard InChI is InChI=1S/C19H32N2O7/c1-11(2)14(17(25)21-12(3)18(26)27)9-13(22)10-20-15(23)7-8-16(24)28-19(4,5)6/h11-12,14H,7-10H2,1-6H3,(H,20,23)(H,21,25)(H,26,27)/t12-,14-/m0/s1. The van der Waals surface area contributed by atoms with Gasteiger partial charge >= 0.3 is 11.9 Å². The lowest BCUT2D eigenvalue weighted by molar-refractivity contribution is -0.155. The quantitative estimate of drug-likeness (QED) is 0.440. The van der Waals surface area contributed by atoms with Crippen LogP contribution in [-0.2, 0) is 28.7 Å². The predicted octanol–water partition coefficient (Wildman–Crippen LogP) is 1.05. The first-order chi connectivity index (χ1) is 12.7. The molecule has 0 bridgehead atoms. The highest BCUT2D eigenvalue weighted by molar-refractivity contribution is 5.91. The second-order valence-corrected chi connectivity index (χ2v) is 8.02. The largest absolute Gasteiger partial charge is 0.480 e. The molecular formula is C19H32N2O7. The summed E-state index contributed by atoms with van der Waals surface area (Å²) in [5.41, 5.74) is -0.631. The van der Waals surface area contributed by atoms with E-state index in [4.69, 9.17) is 9.84 Å². The molecule has 9 heteroatoms. The summed E-state index contributed by atoms with van der Waals surface area (Å²) >= 11 is 0. The molecule has 9 nitrogen and oxygen atoms in total. The number of aliphatic carboxylic acids is 1. The van der Waals surface area contributed by atoms with Crippen molar-refractivity contribution in [1.29, 1.82) is 0 Å². The molecule has 0 radical (unpaired) electrons. The summed E-state index contributed by atoms with van der Waals surface area (Å²) < 4.78 is 5.10. The van der Waals surface area contributed by atoms with Crippen molar-refractivity contribution in [2.24, 2.45) is 11.8 Å². The van der Waals surface area contributed by atoms with Crippen molar-refractivity contribution in [3.05, 3.63) is 0 Å². The average Bonchev–Trinajstić information content (AvgIpc) is 2.53. The van der Waals surface area contributed by atoms with E-state index in [1.807, 2.05) is 0 Å². The molecule has 0 rings (SSSR count). The molecular weight excluding hydrogens is 368 g/mol. The molecule has 0 spiro atoms. The van der Waals surface area contributed by atoms with Crippen LogP contribution in [0.4, 0.5) is 0 Å². The molecule has 0 saturated heterocycles. The molecule has 0 fully saturated rings. The molecule has 160 valence electrons.